The van der Waals surface area contributed by atoms with Crippen LogP contribution in [0, 0.1) is 0 Å². The first kappa shape index (κ1) is 26.6. The molecule has 1 aliphatic carbocycles. The van der Waals surface area contributed by atoms with Gasteiger partial charge in [-0.3, -0.25) is 0 Å². The lowest BCUT2D eigenvalue weighted by Crippen LogP contribution is -2.06. The summed E-state index contributed by atoms with van der Waals surface area (Å²) in [6.45, 7) is 0. The number of hydrogen-bond donors (Lipinski definition) is 0. The minimum absolute atomic E-state index is 1.11. The van der Waals surface area contributed by atoms with Crippen molar-refractivity contribution in [2.45, 2.75) is 32.4 Å². The van der Waals surface area contributed by atoms with Gasteiger partial charge in [-0.1, -0.05) is 97.1 Å². The number of para-hydroxylation sites is 2. The second-order valence-corrected chi connectivity index (χ2v) is 15.8. The van der Waals surface area contributed by atoms with E-state index in [4.69, 9.17) is 0 Å². The maximum Gasteiger partial charge on any atom is 0.0541 e. The van der Waals surface area contributed by atoms with E-state index >= 15 is 0 Å². The van der Waals surface area contributed by atoms with Gasteiger partial charge >= 0.3 is 0 Å². The number of benzene rings is 6. The molecule has 0 unspecified atom stereocenters. The van der Waals surface area contributed by atoms with Crippen LogP contribution in [0.25, 0.3) is 43.7 Å². The minimum Gasteiger partial charge on any atom is -0.309 e. The summed E-state index contributed by atoms with van der Waals surface area (Å²) >= 11 is 1.97. The van der Waals surface area contributed by atoms with E-state index < -0.39 is 10.0 Å². The zero-order valence-electron chi connectivity index (χ0n) is 24.8. The molecule has 0 fully saturated rings. The Bertz CT molecular complexity index is 2280. The average Bonchev–Trinajstić information content (AvgIpc) is 3.66. The molecule has 0 atom stereocenters. The van der Waals surface area contributed by atoms with Crippen LogP contribution in [0.15, 0.2) is 177 Å². The van der Waals surface area contributed by atoms with Crippen molar-refractivity contribution >= 4 is 59.3 Å². The molecular formula is C42H31NS2. The molecule has 0 saturated carbocycles. The van der Waals surface area contributed by atoms with Crippen LogP contribution in [-0.4, -0.2) is 4.57 Å². The Morgan fingerprint density at radius 3 is 1.80 bits per heavy atom. The first-order valence-corrected chi connectivity index (χ1v) is 18.0. The van der Waals surface area contributed by atoms with Crippen molar-refractivity contribution in [2.75, 3.05) is 0 Å². The van der Waals surface area contributed by atoms with Crippen LogP contribution in [0.5, 0.6) is 0 Å². The van der Waals surface area contributed by atoms with Crippen molar-refractivity contribution < 1.29 is 0 Å². The van der Waals surface area contributed by atoms with Gasteiger partial charge in [0.2, 0.25) is 0 Å². The standard InChI is InChI=1S/C42H31NS2/c1-3-16-31(17-4-1)45(32-18-5-2-6-19-32,41-28-14-24-37-36-23-9-12-27-40(36)44-42(37)41)33-20-13-15-30(29-33)43-38-25-10-7-21-34(38)35-22-8-11-26-39(35)43/h1-8,10-22,24-29H,9,23H2. The first-order valence-electron chi connectivity index (χ1n) is 15.6. The molecule has 3 heteroatoms. The fourth-order valence-electron chi connectivity index (χ4n) is 7.27. The van der Waals surface area contributed by atoms with Crippen LogP contribution in [0.1, 0.15) is 16.9 Å². The topological polar surface area (TPSA) is 4.93 Å². The largest absolute Gasteiger partial charge is 0.309 e. The molecule has 0 aliphatic heterocycles. The highest BCUT2D eigenvalue weighted by molar-refractivity contribution is 8.34. The highest BCUT2D eigenvalue weighted by atomic mass is 32.3. The van der Waals surface area contributed by atoms with E-state index in [1.54, 1.807) is 0 Å². The quantitative estimate of drug-likeness (QED) is 0.182. The molecule has 9 rings (SSSR count). The number of aryl methyl sites for hydroxylation is 1. The number of rotatable bonds is 5. The van der Waals surface area contributed by atoms with Crippen LogP contribution < -0.4 is 0 Å². The Hall–Kier alpha value is -4.83. The lowest BCUT2D eigenvalue weighted by molar-refractivity contribution is 1.01. The average molecular weight is 614 g/mol. The fraction of sp³-hybridized carbons (Fsp3) is 0.0476. The smallest absolute Gasteiger partial charge is 0.0541 e. The Labute approximate surface area is 269 Å². The Kier molecular flexibility index (Phi) is 6.29. The van der Waals surface area contributed by atoms with Gasteiger partial charge in [0, 0.05) is 45.6 Å². The molecule has 0 spiro atoms. The number of hydrogen-bond acceptors (Lipinski definition) is 1. The molecule has 0 bridgehead atoms. The molecular weight excluding hydrogens is 583 g/mol. The first-order chi connectivity index (χ1) is 22.3. The molecule has 8 aromatic rings. The zero-order valence-corrected chi connectivity index (χ0v) is 26.4. The summed E-state index contributed by atoms with van der Waals surface area (Å²) in [5.74, 6) is 0. The summed E-state index contributed by atoms with van der Waals surface area (Å²) in [5.41, 5.74) is 5.16. The SMILES string of the molecule is C1=Cc2sc3c(S(c4ccccc4)(c4ccccc4)c4cccc(-n5c6ccccc6c6ccccc65)c4)cccc3c2CC1. The van der Waals surface area contributed by atoms with Crippen molar-refractivity contribution in [3.05, 3.63) is 168 Å². The maximum atomic E-state index is 2.47. The van der Waals surface area contributed by atoms with Crippen LogP contribution in [-0.2, 0) is 6.42 Å². The molecule has 6 aromatic carbocycles. The molecule has 1 nitrogen and oxygen atoms in total. The summed E-state index contributed by atoms with van der Waals surface area (Å²) in [6, 6.07) is 56.5. The summed E-state index contributed by atoms with van der Waals surface area (Å²) in [5, 5.41) is 3.98. The molecule has 1 aliphatic rings. The van der Waals surface area contributed by atoms with E-state index in [1.807, 2.05) is 11.3 Å². The molecule has 216 valence electrons. The lowest BCUT2D eigenvalue weighted by atomic mass is 10.0. The normalized spacial score (nSPS) is 13.4. The van der Waals surface area contributed by atoms with Crippen molar-refractivity contribution in [2.24, 2.45) is 0 Å². The molecule has 0 amide bonds. The van der Waals surface area contributed by atoms with Crippen molar-refractivity contribution in [3.8, 4) is 5.69 Å². The third-order valence-electron chi connectivity index (χ3n) is 9.18. The number of thiophene rings is 1. The molecule has 2 heterocycles. The minimum atomic E-state index is -1.88. The van der Waals surface area contributed by atoms with Gasteiger partial charge < -0.3 is 4.57 Å². The number of fused-ring (bicyclic) bond motifs is 6. The van der Waals surface area contributed by atoms with E-state index in [0.717, 1.165) is 12.8 Å². The summed E-state index contributed by atoms with van der Waals surface area (Å²) in [7, 11) is -1.88. The Balaban J connectivity index is 1.41. The Morgan fingerprint density at radius 1 is 0.533 bits per heavy atom. The highest BCUT2D eigenvalue weighted by Crippen LogP contribution is 2.75. The number of allylic oxidation sites excluding steroid dienone is 1. The fourth-order valence-corrected chi connectivity index (χ4v) is 12.9. The summed E-state index contributed by atoms with van der Waals surface area (Å²) in [4.78, 5) is 6.88. The third kappa shape index (κ3) is 4.01. The summed E-state index contributed by atoms with van der Waals surface area (Å²) in [6.07, 6.45) is 6.90. The molecule has 0 radical (unpaired) electrons. The van der Waals surface area contributed by atoms with Crippen molar-refractivity contribution in [1.82, 2.24) is 4.57 Å². The van der Waals surface area contributed by atoms with Crippen molar-refractivity contribution in [1.29, 1.82) is 0 Å². The van der Waals surface area contributed by atoms with Gasteiger partial charge in [-0.25, -0.2) is 0 Å². The predicted octanol–water partition coefficient (Wildman–Crippen LogP) is 12.3. The second kappa shape index (κ2) is 10.7. The number of aromatic nitrogens is 1. The Morgan fingerprint density at radius 2 is 1.11 bits per heavy atom. The highest BCUT2D eigenvalue weighted by Gasteiger charge is 2.36. The van der Waals surface area contributed by atoms with E-state index in [-0.39, 0.29) is 0 Å². The summed E-state index contributed by atoms with van der Waals surface area (Å²) < 4.78 is 3.86. The molecule has 45 heavy (non-hydrogen) atoms. The predicted molar refractivity (Wildman–Crippen MR) is 193 cm³/mol. The van der Waals surface area contributed by atoms with Crippen LogP contribution in [0.3, 0.4) is 0 Å². The van der Waals surface area contributed by atoms with E-state index in [2.05, 4.69) is 168 Å². The van der Waals surface area contributed by atoms with Gasteiger partial charge in [0.15, 0.2) is 0 Å². The molecule has 2 aromatic heterocycles. The van der Waals surface area contributed by atoms with Gasteiger partial charge in [0.25, 0.3) is 0 Å². The van der Waals surface area contributed by atoms with Crippen LogP contribution in [0.4, 0.5) is 0 Å². The monoisotopic (exact) mass is 613 g/mol. The van der Waals surface area contributed by atoms with Gasteiger partial charge in [-0.2, -0.15) is 0 Å². The van der Waals surface area contributed by atoms with E-state index in [9.17, 15) is 0 Å². The second-order valence-electron chi connectivity index (χ2n) is 11.6. The van der Waals surface area contributed by atoms with Gasteiger partial charge in [-0.15, -0.1) is 21.4 Å². The van der Waals surface area contributed by atoms with Gasteiger partial charge in [0.1, 0.15) is 0 Å². The molecule has 0 N–H and O–H groups in total. The van der Waals surface area contributed by atoms with Gasteiger partial charge in [0.05, 0.1) is 11.0 Å². The van der Waals surface area contributed by atoms with Crippen molar-refractivity contribution in [3.63, 3.8) is 0 Å². The van der Waals surface area contributed by atoms with Gasteiger partial charge in [-0.05, 0) is 90.5 Å². The third-order valence-corrected chi connectivity index (χ3v) is 14.5. The van der Waals surface area contributed by atoms with E-state index in [0.29, 0.717) is 0 Å². The molecule has 0 saturated heterocycles. The lowest BCUT2D eigenvalue weighted by Gasteiger charge is -2.42. The van der Waals surface area contributed by atoms with E-state index in [1.165, 1.54) is 67.6 Å². The van der Waals surface area contributed by atoms with Crippen LogP contribution in [0.2, 0.25) is 0 Å². The number of nitrogens with zero attached hydrogens (tertiary/aromatic N) is 1. The maximum absolute atomic E-state index is 2.47. The van der Waals surface area contributed by atoms with Crippen LogP contribution >= 0.6 is 21.4 Å². The zero-order chi connectivity index (χ0) is 29.8.